The van der Waals surface area contributed by atoms with Crippen LogP contribution in [0.4, 0.5) is 5.69 Å². The fourth-order valence-corrected chi connectivity index (χ4v) is 4.44. The molecule has 0 fully saturated rings. The Balaban J connectivity index is 1.69. The third-order valence-electron chi connectivity index (χ3n) is 3.92. The second kappa shape index (κ2) is 6.78. The molecule has 1 amide bonds. The average Bonchev–Trinajstić information content (AvgIpc) is 3.28. The van der Waals surface area contributed by atoms with Crippen LogP contribution in [0.3, 0.4) is 0 Å². The number of aromatic nitrogens is 2. The van der Waals surface area contributed by atoms with Crippen molar-refractivity contribution in [1.82, 2.24) is 9.97 Å². The van der Waals surface area contributed by atoms with Gasteiger partial charge < -0.3 is 5.32 Å². The van der Waals surface area contributed by atoms with Crippen molar-refractivity contribution in [3.8, 4) is 10.6 Å². The SMILES string of the molecule is Cc1nc(-c2ccsc2C(=O)Nc2cccc3cccnc23)sc1C=O. The van der Waals surface area contributed by atoms with Gasteiger partial charge in [-0.05, 0) is 30.5 Å². The molecule has 0 spiro atoms. The molecule has 0 saturated heterocycles. The molecule has 3 heterocycles. The lowest BCUT2D eigenvalue weighted by molar-refractivity contribution is 0.103. The van der Waals surface area contributed by atoms with Crippen molar-refractivity contribution < 1.29 is 9.59 Å². The van der Waals surface area contributed by atoms with E-state index in [9.17, 15) is 9.59 Å². The normalized spacial score (nSPS) is 10.8. The van der Waals surface area contributed by atoms with Gasteiger partial charge in [-0.3, -0.25) is 14.6 Å². The molecule has 1 aromatic carbocycles. The van der Waals surface area contributed by atoms with E-state index in [1.54, 1.807) is 13.1 Å². The van der Waals surface area contributed by atoms with Crippen LogP contribution < -0.4 is 5.32 Å². The lowest BCUT2D eigenvalue weighted by Gasteiger charge is -2.08. The van der Waals surface area contributed by atoms with Gasteiger partial charge in [-0.25, -0.2) is 4.98 Å². The molecule has 5 nitrogen and oxygen atoms in total. The highest BCUT2D eigenvalue weighted by Crippen LogP contribution is 2.33. The molecule has 0 aliphatic carbocycles. The van der Waals surface area contributed by atoms with Crippen molar-refractivity contribution in [2.75, 3.05) is 5.32 Å². The summed E-state index contributed by atoms with van der Waals surface area (Å²) in [5, 5.41) is 6.43. The summed E-state index contributed by atoms with van der Waals surface area (Å²) in [6.07, 6.45) is 2.50. The van der Waals surface area contributed by atoms with E-state index in [0.717, 1.165) is 22.8 Å². The molecule has 0 aliphatic rings. The van der Waals surface area contributed by atoms with Crippen LogP contribution >= 0.6 is 22.7 Å². The number of anilines is 1. The number of thiophene rings is 1. The number of benzene rings is 1. The highest BCUT2D eigenvalue weighted by molar-refractivity contribution is 7.18. The van der Waals surface area contributed by atoms with Gasteiger partial charge in [-0.15, -0.1) is 22.7 Å². The number of amides is 1. The number of para-hydroxylation sites is 1. The molecule has 3 aromatic heterocycles. The van der Waals surface area contributed by atoms with E-state index in [1.165, 1.54) is 22.7 Å². The van der Waals surface area contributed by atoms with Gasteiger partial charge in [0.05, 0.1) is 21.8 Å². The second-order valence-corrected chi connectivity index (χ2v) is 7.53. The Hall–Kier alpha value is -2.90. The predicted molar refractivity (Wildman–Crippen MR) is 105 cm³/mol. The molecular formula is C19H13N3O2S2. The zero-order valence-electron chi connectivity index (χ0n) is 13.7. The number of fused-ring (bicyclic) bond motifs is 1. The Morgan fingerprint density at radius 2 is 2.04 bits per heavy atom. The Labute approximate surface area is 157 Å². The molecular weight excluding hydrogens is 366 g/mol. The molecule has 4 rings (SSSR count). The Morgan fingerprint density at radius 3 is 2.85 bits per heavy atom. The van der Waals surface area contributed by atoms with Crippen molar-refractivity contribution in [1.29, 1.82) is 0 Å². The number of carbonyl (C=O) groups excluding carboxylic acids is 2. The molecule has 0 saturated carbocycles. The quantitative estimate of drug-likeness (QED) is 0.517. The van der Waals surface area contributed by atoms with Crippen molar-refractivity contribution in [3.05, 3.63) is 63.4 Å². The minimum atomic E-state index is -0.214. The maximum atomic E-state index is 12.9. The number of aryl methyl sites for hydroxylation is 1. The largest absolute Gasteiger partial charge is 0.319 e. The van der Waals surface area contributed by atoms with Crippen molar-refractivity contribution >= 4 is 51.5 Å². The van der Waals surface area contributed by atoms with Crippen molar-refractivity contribution in [2.24, 2.45) is 0 Å². The minimum Gasteiger partial charge on any atom is -0.319 e. The Morgan fingerprint density at radius 1 is 1.19 bits per heavy atom. The number of aldehydes is 1. The average molecular weight is 379 g/mol. The summed E-state index contributed by atoms with van der Waals surface area (Å²) in [7, 11) is 0. The highest BCUT2D eigenvalue weighted by atomic mass is 32.1. The molecule has 0 aliphatic heterocycles. The van der Waals surface area contributed by atoms with Crippen LogP contribution in [0.25, 0.3) is 21.5 Å². The lowest BCUT2D eigenvalue weighted by atomic mass is 10.2. The zero-order chi connectivity index (χ0) is 18.1. The van der Waals surface area contributed by atoms with E-state index < -0.39 is 0 Å². The number of rotatable bonds is 4. The van der Waals surface area contributed by atoms with Gasteiger partial charge in [0.1, 0.15) is 9.88 Å². The molecule has 0 bridgehead atoms. The molecule has 26 heavy (non-hydrogen) atoms. The third kappa shape index (κ3) is 2.91. The first-order valence-corrected chi connectivity index (χ1v) is 9.52. The van der Waals surface area contributed by atoms with E-state index >= 15 is 0 Å². The lowest BCUT2D eigenvalue weighted by Crippen LogP contribution is -2.11. The molecule has 0 atom stereocenters. The summed E-state index contributed by atoms with van der Waals surface area (Å²) in [5.74, 6) is -0.214. The summed E-state index contributed by atoms with van der Waals surface area (Å²) in [6.45, 7) is 1.79. The number of carbonyl (C=O) groups is 2. The first-order valence-electron chi connectivity index (χ1n) is 7.83. The number of nitrogens with one attached hydrogen (secondary N) is 1. The Kier molecular flexibility index (Phi) is 4.32. The fourth-order valence-electron chi connectivity index (χ4n) is 2.67. The van der Waals surface area contributed by atoms with Crippen molar-refractivity contribution in [2.45, 2.75) is 6.92 Å². The summed E-state index contributed by atoms with van der Waals surface area (Å²) >= 11 is 2.64. The smallest absolute Gasteiger partial charge is 0.266 e. The summed E-state index contributed by atoms with van der Waals surface area (Å²) in [4.78, 5) is 33.9. The summed E-state index contributed by atoms with van der Waals surface area (Å²) in [5.41, 5.74) is 2.82. The van der Waals surface area contributed by atoms with Crippen LogP contribution in [-0.4, -0.2) is 22.2 Å². The van der Waals surface area contributed by atoms with Gasteiger partial charge in [-0.2, -0.15) is 0 Å². The maximum Gasteiger partial charge on any atom is 0.266 e. The second-order valence-electron chi connectivity index (χ2n) is 5.58. The van der Waals surface area contributed by atoms with E-state index in [4.69, 9.17) is 0 Å². The van der Waals surface area contributed by atoms with E-state index in [0.29, 0.717) is 26.1 Å². The van der Waals surface area contributed by atoms with Gasteiger partial charge in [0.25, 0.3) is 5.91 Å². The maximum absolute atomic E-state index is 12.9. The third-order valence-corrected chi connectivity index (χ3v) is 5.95. The number of thiazole rings is 1. The van der Waals surface area contributed by atoms with E-state index in [1.807, 2.05) is 41.8 Å². The number of pyridine rings is 1. The van der Waals surface area contributed by atoms with Crippen molar-refractivity contribution in [3.63, 3.8) is 0 Å². The standard InChI is InChI=1S/C19H13N3O2S2/c1-11-15(10-23)26-19(21-11)13-7-9-25-17(13)18(24)22-14-6-2-4-12-5-3-8-20-16(12)14/h2-10H,1H3,(H,22,24). The summed E-state index contributed by atoms with van der Waals surface area (Å²) in [6, 6.07) is 11.3. The number of hydrogen-bond acceptors (Lipinski definition) is 6. The van der Waals surface area contributed by atoms with Gasteiger partial charge in [-0.1, -0.05) is 18.2 Å². The molecule has 1 N–H and O–H groups in total. The van der Waals surface area contributed by atoms with Crippen LogP contribution in [0.5, 0.6) is 0 Å². The topological polar surface area (TPSA) is 72.0 Å². The number of hydrogen-bond donors (Lipinski definition) is 1. The van der Waals surface area contributed by atoms with Gasteiger partial charge in [0, 0.05) is 17.1 Å². The molecule has 128 valence electrons. The van der Waals surface area contributed by atoms with Crippen LogP contribution in [-0.2, 0) is 0 Å². The predicted octanol–water partition coefficient (Wildman–Crippen LogP) is 4.79. The number of nitrogens with zero attached hydrogens (tertiary/aromatic N) is 2. The van der Waals surface area contributed by atoms with Gasteiger partial charge >= 0.3 is 0 Å². The zero-order valence-corrected chi connectivity index (χ0v) is 15.4. The molecule has 7 heteroatoms. The van der Waals surface area contributed by atoms with Crippen LogP contribution in [0.15, 0.2) is 48.0 Å². The first-order chi connectivity index (χ1) is 12.7. The van der Waals surface area contributed by atoms with E-state index in [-0.39, 0.29) is 5.91 Å². The molecule has 0 unspecified atom stereocenters. The monoisotopic (exact) mass is 379 g/mol. The molecule has 0 radical (unpaired) electrons. The first kappa shape index (κ1) is 16.6. The van der Waals surface area contributed by atoms with Gasteiger partial charge in [0.15, 0.2) is 6.29 Å². The minimum absolute atomic E-state index is 0.214. The Bertz CT molecular complexity index is 1130. The van der Waals surface area contributed by atoms with Crippen LogP contribution in [0.2, 0.25) is 0 Å². The highest BCUT2D eigenvalue weighted by Gasteiger charge is 2.19. The van der Waals surface area contributed by atoms with E-state index in [2.05, 4.69) is 15.3 Å². The summed E-state index contributed by atoms with van der Waals surface area (Å²) < 4.78 is 0. The fraction of sp³-hybridized carbons (Fsp3) is 0.0526. The van der Waals surface area contributed by atoms with Crippen LogP contribution in [0, 0.1) is 6.92 Å². The molecule has 4 aromatic rings. The van der Waals surface area contributed by atoms with Crippen LogP contribution in [0.1, 0.15) is 25.0 Å². The van der Waals surface area contributed by atoms with Gasteiger partial charge in [0.2, 0.25) is 0 Å².